The van der Waals surface area contributed by atoms with Crippen LogP contribution in [0.2, 0.25) is 10.0 Å². The lowest BCUT2D eigenvalue weighted by Gasteiger charge is -2.49. The molecule has 1 aliphatic heterocycles. The summed E-state index contributed by atoms with van der Waals surface area (Å²) in [6.45, 7) is 1.04. The van der Waals surface area contributed by atoms with Crippen LogP contribution in [-0.4, -0.2) is 52.8 Å². The molecule has 1 unspecified atom stereocenters. The number of hydrogen-bond acceptors (Lipinski definition) is 5. The van der Waals surface area contributed by atoms with Crippen LogP contribution in [0.4, 0.5) is 14.5 Å². The van der Waals surface area contributed by atoms with Gasteiger partial charge in [0.25, 0.3) is 0 Å². The molecule has 4 aromatic carbocycles. The summed E-state index contributed by atoms with van der Waals surface area (Å²) in [5, 5.41) is 13.5. The standard InChI is InChI=1S/C33H29Cl2F2N3O3S/c34-24-10-6-22(7-11-24)32(23-8-12-25(35)13-9-23)39-18-29(19-39)40(28-16-26(36)15-27(37)17-28)44-20-31(41)38-30(33(42)43)14-21-4-2-1-3-5-21/h1-13,15-17,29-30,32H,14,18-20H2,(H,38,41)(H,42,43). The smallest absolute Gasteiger partial charge is 0.326 e. The van der Waals surface area contributed by atoms with E-state index in [1.54, 1.807) is 28.6 Å². The molecule has 1 atom stereocenters. The molecular weight excluding hydrogens is 627 g/mol. The molecule has 0 aromatic heterocycles. The fourth-order valence-corrected chi connectivity index (χ4v) is 6.41. The first-order valence-corrected chi connectivity index (χ1v) is 15.6. The van der Waals surface area contributed by atoms with Gasteiger partial charge in [-0.1, -0.05) is 77.8 Å². The number of hydrogen-bond donors (Lipinski definition) is 2. The first-order valence-electron chi connectivity index (χ1n) is 13.9. The first kappa shape index (κ1) is 31.8. The third kappa shape index (κ3) is 8.09. The summed E-state index contributed by atoms with van der Waals surface area (Å²) in [5.74, 6) is -3.27. The Morgan fingerprint density at radius 3 is 1.95 bits per heavy atom. The summed E-state index contributed by atoms with van der Waals surface area (Å²) in [5.41, 5.74) is 3.08. The molecule has 2 N–H and O–H groups in total. The average molecular weight is 657 g/mol. The molecule has 0 bridgehead atoms. The second-order valence-electron chi connectivity index (χ2n) is 10.5. The minimum atomic E-state index is -1.15. The SMILES string of the molecule is O=C(CSN(c1cc(F)cc(F)c1)C1CN(C(c2ccc(Cl)cc2)c2ccc(Cl)cc2)C1)NC(Cc1ccccc1)C(=O)O. The number of halogens is 4. The summed E-state index contributed by atoms with van der Waals surface area (Å²) in [6, 6.07) is 26.0. The molecule has 4 aromatic rings. The van der Waals surface area contributed by atoms with Gasteiger partial charge in [-0.05, 0) is 65.0 Å². The van der Waals surface area contributed by atoms with Crippen LogP contribution < -0.4 is 9.62 Å². The van der Waals surface area contributed by atoms with E-state index in [1.165, 1.54) is 12.1 Å². The Labute approximate surface area is 268 Å². The van der Waals surface area contributed by atoms with E-state index in [2.05, 4.69) is 10.2 Å². The Bertz CT molecular complexity index is 1520. The lowest BCUT2D eigenvalue weighted by atomic mass is 9.93. The van der Waals surface area contributed by atoms with Gasteiger partial charge in [-0.15, -0.1) is 0 Å². The van der Waals surface area contributed by atoms with Crippen molar-refractivity contribution >= 4 is 52.7 Å². The average Bonchev–Trinajstić information content (AvgIpc) is 2.97. The van der Waals surface area contributed by atoms with Crippen molar-refractivity contribution in [1.82, 2.24) is 10.2 Å². The monoisotopic (exact) mass is 655 g/mol. The second kappa shape index (κ2) is 14.4. The van der Waals surface area contributed by atoms with Crippen LogP contribution in [0, 0.1) is 11.6 Å². The van der Waals surface area contributed by atoms with Gasteiger partial charge in [0, 0.05) is 35.6 Å². The molecular formula is C33H29Cl2F2N3O3S. The Morgan fingerprint density at radius 1 is 0.886 bits per heavy atom. The summed E-state index contributed by atoms with van der Waals surface area (Å²) < 4.78 is 30.3. The first-order chi connectivity index (χ1) is 21.2. The van der Waals surface area contributed by atoms with Crippen LogP contribution in [0.5, 0.6) is 0 Å². The number of benzene rings is 4. The van der Waals surface area contributed by atoms with E-state index in [0.717, 1.165) is 34.7 Å². The van der Waals surface area contributed by atoms with Crippen molar-refractivity contribution in [2.75, 3.05) is 23.1 Å². The quantitative estimate of drug-likeness (QED) is 0.160. The molecule has 0 saturated carbocycles. The lowest BCUT2D eigenvalue weighted by molar-refractivity contribution is -0.141. The highest BCUT2D eigenvalue weighted by molar-refractivity contribution is 8.01. The predicted molar refractivity (Wildman–Crippen MR) is 171 cm³/mol. The largest absolute Gasteiger partial charge is 0.480 e. The Morgan fingerprint density at radius 2 is 1.43 bits per heavy atom. The maximum absolute atomic E-state index is 14.3. The van der Waals surface area contributed by atoms with Crippen LogP contribution in [0.25, 0.3) is 0 Å². The van der Waals surface area contributed by atoms with Crippen molar-refractivity contribution in [3.8, 4) is 0 Å². The highest BCUT2D eigenvalue weighted by Gasteiger charge is 2.38. The van der Waals surface area contributed by atoms with Gasteiger partial charge in [0.1, 0.15) is 17.7 Å². The number of likely N-dealkylation sites (tertiary alicyclic amines) is 1. The highest BCUT2D eigenvalue weighted by Crippen LogP contribution is 2.38. The van der Waals surface area contributed by atoms with Crippen molar-refractivity contribution in [3.63, 3.8) is 0 Å². The molecule has 1 aliphatic rings. The molecule has 1 amide bonds. The molecule has 44 heavy (non-hydrogen) atoms. The van der Waals surface area contributed by atoms with E-state index in [9.17, 15) is 23.5 Å². The number of carbonyl (C=O) groups excluding carboxylic acids is 1. The molecule has 0 aliphatic carbocycles. The fraction of sp³-hybridized carbons (Fsp3) is 0.212. The van der Waals surface area contributed by atoms with Crippen molar-refractivity contribution in [2.24, 2.45) is 0 Å². The molecule has 1 saturated heterocycles. The molecule has 11 heteroatoms. The third-order valence-electron chi connectivity index (χ3n) is 7.31. The van der Waals surface area contributed by atoms with Crippen LogP contribution in [0.15, 0.2) is 97.1 Å². The molecule has 0 radical (unpaired) electrons. The lowest BCUT2D eigenvalue weighted by Crippen LogP contribution is -2.59. The topological polar surface area (TPSA) is 72.9 Å². The van der Waals surface area contributed by atoms with E-state index >= 15 is 0 Å². The second-order valence-corrected chi connectivity index (χ2v) is 12.3. The number of anilines is 1. The van der Waals surface area contributed by atoms with Gasteiger partial charge >= 0.3 is 5.97 Å². The van der Waals surface area contributed by atoms with Crippen LogP contribution >= 0.6 is 35.1 Å². The number of carboxylic acids is 1. The molecule has 5 rings (SSSR count). The van der Waals surface area contributed by atoms with E-state index in [4.69, 9.17) is 23.2 Å². The van der Waals surface area contributed by atoms with Gasteiger partial charge in [0.15, 0.2) is 0 Å². The Hall–Kier alpha value is -3.63. The number of carboxylic acid groups (broad SMARTS) is 1. The van der Waals surface area contributed by atoms with Crippen LogP contribution in [0.1, 0.15) is 22.7 Å². The van der Waals surface area contributed by atoms with E-state index in [1.807, 2.05) is 54.6 Å². The minimum absolute atomic E-state index is 0.125. The minimum Gasteiger partial charge on any atom is -0.480 e. The van der Waals surface area contributed by atoms with Crippen LogP contribution in [-0.2, 0) is 16.0 Å². The van der Waals surface area contributed by atoms with Crippen molar-refractivity contribution in [2.45, 2.75) is 24.5 Å². The summed E-state index contributed by atoms with van der Waals surface area (Å²) in [6.07, 6.45) is 0.125. The van der Waals surface area contributed by atoms with E-state index in [-0.39, 0.29) is 29.9 Å². The van der Waals surface area contributed by atoms with Crippen molar-refractivity contribution in [3.05, 3.63) is 135 Å². The number of nitrogens with one attached hydrogen (secondary N) is 1. The van der Waals surface area contributed by atoms with Gasteiger partial charge in [-0.3, -0.25) is 9.69 Å². The number of rotatable bonds is 12. The molecule has 0 spiro atoms. The van der Waals surface area contributed by atoms with Gasteiger partial charge in [-0.2, -0.15) is 0 Å². The maximum Gasteiger partial charge on any atom is 0.326 e. The Balaban J connectivity index is 1.32. The zero-order chi connectivity index (χ0) is 31.2. The third-order valence-corrected chi connectivity index (χ3v) is 8.99. The summed E-state index contributed by atoms with van der Waals surface area (Å²) >= 11 is 13.4. The molecule has 6 nitrogen and oxygen atoms in total. The molecule has 1 fully saturated rings. The predicted octanol–water partition coefficient (Wildman–Crippen LogP) is 7.01. The number of nitrogens with zero attached hydrogens (tertiary/aromatic N) is 2. The Kier molecular flexibility index (Phi) is 10.4. The van der Waals surface area contributed by atoms with Gasteiger partial charge < -0.3 is 14.7 Å². The van der Waals surface area contributed by atoms with Gasteiger partial charge in [0.05, 0.1) is 23.5 Å². The molecule has 1 heterocycles. The van der Waals surface area contributed by atoms with E-state index in [0.29, 0.717) is 23.1 Å². The van der Waals surface area contributed by atoms with Gasteiger partial charge in [-0.25, -0.2) is 13.6 Å². The van der Waals surface area contributed by atoms with Crippen molar-refractivity contribution in [1.29, 1.82) is 0 Å². The van der Waals surface area contributed by atoms with Gasteiger partial charge in [0.2, 0.25) is 5.91 Å². The zero-order valence-corrected chi connectivity index (χ0v) is 25.7. The normalized spacial score (nSPS) is 14.2. The number of amides is 1. The number of carbonyl (C=O) groups is 2. The highest BCUT2D eigenvalue weighted by atomic mass is 35.5. The molecule has 228 valence electrons. The fourth-order valence-electron chi connectivity index (χ4n) is 5.22. The zero-order valence-electron chi connectivity index (χ0n) is 23.4. The van der Waals surface area contributed by atoms with Crippen LogP contribution in [0.3, 0.4) is 0 Å². The summed E-state index contributed by atoms with van der Waals surface area (Å²) in [4.78, 5) is 27.0. The van der Waals surface area contributed by atoms with Crippen molar-refractivity contribution < 1.29 is 23.5 Å². The number of aliphatic carboxylic acids is 1. The maximum atomic E-state index is 14.3. The van der Waals surface area contributed by atoms with E-state index < -0.39 is 29.6 Å². The summed E-state index contributed by atoms with van der Waals surface area (Å²) in [7, 11) is 0.